The largest absolute Gasteiger partial charge is 0.494 e. The Hall–Kier alpha value is -1.92. The van der Waals surface area contributed by atoms with Crippen molar-refractivity contribution in [3.8, 4) is 5.75 Å². The highest BCUT2D eigenvalue weighted by atomic mass is 32.1. The SMILES string of the molecule is COc1ccc(CN(C)CC(=O)NC(C)c2cccs2)cc1F. The van der Waals surface area contributed by atoms with Crippen LogP contribution in [0.15, 0.2) is 35.7 Å². The molecule has 2 rings (SSSR count). The molecule has 1 heterocycles. The number of thiophene rings is 1. The highest BCUT2D eigenvalue weighted by Gasteiger charge is 2.13. The van der Waals surface area contributed by atoms with Crippen molar-refractivity contribution in [1.82, 2.24) is 10.2 Å². The second-order valence-electron chi connectivity index (χ2n) is 5.45. The molecule has 1 aromatic heterocycles. The molecule has 0 fully saturated rings. The summed E-state index contributed by atoms with van der Waals surface area (Å²) < 4.78 is 18.6. The maximum atomic E-state index is 13.7. The van der Waals surface area contributed by atoms with E-state index < -0.39 is 5.82 Å². The monoisotopic (exact) mass is 336 g/mol. The second-order valence-corrected chi connectivity index (χ2v) is 6.43. The number of hydrogen-bond acceptors (Lipinski definition) is 4. The molecule has 0 saturated heterocycles. The summed E-state index contributed by atoms with van der Waals surface area (Å²) in [7, 11) is 3.26. The van der Waals surface area contributed by atoms with E-state index in [0.29, 0.717) is 6.54 Å². The zero-order chi connectivity index (χ0) is 16.8. The quantitative estimate of drug-likeness (QED) is 0.844. The second kappa shape index (κ2) is 8.08. The summed E-state index contributed by atoms with van der Waals surface area (Å²) in [6.07, 6.45) is 0. The number of hydrogen-bond donors (Lipinski definition) is 1. The van der Waals surface area contributed by atoms with Gasteiger partial charge in [-0.2, -0.15) is 0 Å². The number of carbonyl (C=O) groups is 1. The van der Waals surface area contributed by atoms with Crippen LogP contribution in [0.4, 0.5) is 4.39 Å². The Labute approximate surface area is 139 Å². The topological polar surface area (TPSA) is 41.6 Å². The van der Waals surface area contributed by atoms with Gasteiger partial charge < -0.3 is 10.1 Å². The minimum absolute atomic E-state index is 0.00525. The normalized spacial score (nSPS) is 12.2. The van der Waals surface area contributed by atoms with E-state index in [1.807, 2.05) is 36.4 Å². The number of ether oxygens (including phenoxy) is 1. The van der Waals surface area contributed by atoms with Crippen molar-refractivity contribution in [3.63, 3.8) is 0 Å². The van der Waals surface area contributed by atoms with Crippen LogP contribution in [0.3, 0.4) is 0 Å². The number of likely N-dealkylation sites (N-methyl/N-ethyl adjacent to an activating group) is 1. The van der Waals surface area contributed by atoms with Crippen LogP contribution in [0.2, 0.25) is 0 Å². The van der Waals surface area contributed by atoms with Gasteiger partial charge in [0.2, 0.25) is 5.91 Å². The van der Waals surface area contributed by atoms with Crippen LogP contribution in [0, 0.1) is 5.82 Å². The molecule has 1 N–H and O–H groups in total. The van der Waals surface area contributed by atoms with Gasteiger partial charge in [-0.25, -0.2) is 4.39 Å². The Kier molecular flexibility index (Phi) is 6.12. The third kappa shape index (κ3) is 5.04. The van der Waals surface area contributed by atoms with Gasteiger partial charge >= 0.3 is 0 Å². The van der Waals surface area contributed by atoms with Gasteiger partial charge in [0.05, 0.1) is 19.7 Å². The highest BCUT2D eigenvalue weighted by Crippen LogP contribution is 2.19. The zero-order valence-electron chi connectivity index (χ0n) is 13.5. The summed E-state index contributed by atoms with van der Waals surface area (Å²) in [4.78, 5) is 15.0. The molecule has 0 aliphatic carbocycles. The Morgan fingerprint density at radius 3 is 2.83 bits per heavy atom. The lowest BCUT2D eigenvalue weighted by Gasteiger charge is -2.19. The lowest BCUT2D eigenvalue weighted by molar-refractivity contribution is -0.122. The van der Waals surface area contributed by atoms with E-state index in [2.05, 4.69) is 5.32 Å². The summed E-state index contributed by atoms with van der Waals surface area (Å²) in [5.74, 6) is -0.226. The Bertz CT molecular complexity index is 646. The van der Waals surface area contributed by atoms with Crippen LogP contribution in [-0.4, -0.2) is 31.5 Å². The number of methoxy groups -OCH3 is 1. The first kappa shape index (κ1) is 17.4. The first-order valence-corrected chi connectivity index (χ1v) is 8.21. The smallest absolute Gasteiger partial charge is 0.234 e. The number of amides is 1. The highest BCUT2D eigenvalue weighted by molar-refractivity contribution is 7.10. The van der Waals surface area contributed by atoms with Crippen molar-refractivity contribution >= 4 is 17.2 Å². The third-order valence-electron chi connectivity index (χ3n) is 3.43. The number of halogens is 1. The third-order valence-corrected chi connectivity index (χ3v) is 4.48. The standard InChI is InChI=1S/C17H21FN2O2S/c1-12(16-5-4-8-23-16)19-17(21)11-20(2)10-13-6-7-15(22-3)14(18)9-13/h4-9,12H,10-11H2,1-3H3,(H,19,21). The molecule has 124 valence electrons. The van der Waals surface area contributed by atoms with Crippen LogP contribution in [0.1, 0.15) is 23.4 Å². The van der Waals surface area contributed by atoms with Gasteiger partial charge in [-0.05, 0) is 43.1 Å². The van der Waals surface area contributed by atoms with E-state index >= 15 is 0 Å². The fraction of sp³-hybridized carbons (Fsp3) is 0.353. The molecule has 1 amide bonds. The molecule has 0 aliphatic rings. The molecule has 2 aromatic rings. The minimum Gasteiger partial charge on any atom is -0.494 e. The molecular formula is C17H21FN2O2S. The molecule has 1 aromatic carbocycles. The molecule has 1 unspecified atom stereocenters. The zero-order valence-corrected chi connectivity index (χ0v) is 14.3. The van der Waals surface area contributed by atoms with Crippen LogP contribution < -0.4 is 10.1 Å². The van der Waals surface area contributed by atoms with Crippen LogP contribution in [-0.2, 0) is 11.3 Å². The molecule has 0 spiro atoms. The average molecular weight is 336 g/mol. The minimum atomic E-state index is -0.394. The molecule has 6 heteroatoms. The van der Waals surface area contributed by atoms with Crippen LogP contribution in [0.25, 0.3) is 0 Å². The van der Waals surface area contributed by atoms with Crippen molar-refractivity contribution in [2.24, 2.45) is 0 Å². The van der Waals surface area contributed by atoms with Crippen molar-refractivity contribution in [3.05, 3.63) is 52.0 Å². The fourth-order valence-electron chi connectivity index (χ4n) is 2.32. The molecule has 0 saturated carbocycles. The predicted octanol–water partition coefficient (Wildman–Crippen LogP) is 3.21. The summed E-state index contributed by atoms with van der Waals surface area (Å²) in [5.41, 5.74) is 0.796. The fourth-order valence-corrected chi connectivity index (χ4v) is 3.05. The van der Waals surface area contributed by atoms with Gasteiger partial charge in [-0.3, -0.25) is 9.69 Å². The van der Waals surface area contributed by atoms with Crippen molar-refractivity contribution in [1.29, 1.82) is 0 Å². The number of carbonyl (C=O) groups excluding carboxylic acids is 1. The predicted molar refractivity (Wildman–Crippen MR) is 90.2 cm³/mol. The van der Waals surface area contributed by atoms with Gasteiger partial charge in [0.25, 0.3) is 0 Å². The Morgan fingerprint density at radius 2 is 2.22 bits per heavy atom. The van der Waals surface area contributed by atoms with E-state index in [1.165, 1.54) is 13.2 Å². The van der Waals surface area contributed by atoms with E-state index in [-0.39, 0.29) is 24.2 Å². The lowest BCUT2D eigenvalue weighted by Crippen LogP contribution is -2.36. The average Bonchev–Trinajstić information content (AvgIpc) is 3.01. The summed E-state index contributed by atoms with van der Waals surface area (Å²) in [6.45, 7) is 2.70. The molecule has 23 heavy (non-hydrogen) atoms. The Morgan fingerprint density at radius 1 is 1.43 bits per heavy atom. The lowest BCUT2D eigenvalue weighted by atomic mass is 10.2. The maximum Gasteiger partial charge on any atom is 0.234 e. The maximum absolute atomic E-state index is 13.7. The van der Waals surface area contributed by atoms with E-state index in [1.54, 1.807) is 23.5 Å². The molecule has 0 radical (unpaired) electrons. The van der Waals surface area contributed by atoms with Crippen LogP contribution >= 0.6 is 11.3 Å². The van der Waals surface area contributed by atoms with Gasteiger partial charge in [0.15, 0.2) is 11.6 Å². The number of benzene rings is 1. The molecular weight excluding hydrogens is 315 g/mol. The molecule has 1 atom stereocenters. The van der Waals surface area contributed by atoms with E-state index in [0.717, 1.165) is 10.4 Å². The first-order chi connectivity index (χ1) is 11.0. The van der Waals surface area contributed by atoms with Gasteiger partial charge in [0, 0.05) is 11.4 Å². The summed E-state index contributed by atoms with van der Waals surface area (Å²) in [5, 5.41) is 4.95. The number of nitrogens with one attached hydrogen (secondary N) is 1. The molecule has 4 nitrogen and oxygen atoms in total. The summed E-state index contributed by atoms with van der Waals surface area (Å²) >= 11 is 1.62. The first-order valence-electron chi connectivity index (χ1n) is 7.33. The summed E-state index contributed by atoms with van der Waals surface area (Å²) in [6, 6.07) is 8.78. The molecule has 0 bridgehead atoms. The van der Waals surface area contributed by atoms with E-state index in [9.17, 15) is 9.18 Å². The van der Waals surface area contributed by atoms with Crippen molar-refractivity contribution in [2.45, 2.75) is 19.5 Å². The number of nitrogens with zero attached hydrogens (tertiary/aromatic N) is 1. The molecule has 0 aliphatic heterocycles. The van der Waals surface area contributed by atoms with Crippen LogP contribution in [0.5, 0.6) is 5.75 Å². The number of rotatable bonds is 7. The van der Waals surface area contributed by atoms with Gasteiger partial charge in [0.1, 0.15) is 0 Å². The Balaban J connectivity index is 1.85. The van der Waals surface area contributed by atoms with Gasteiger partial charge in [-0.15, -0.1) is 11.3 Å². The van der Waals surface area contributed by atoms with Crippen molar-refractivity contribution in [2.75, 3.05) is 20.7 Å². The van der Waals surface area contributed by atoms with Gasteiger partial charge in [-0.1, -0.05) is 12.1 Å². The van der Waals surface area contributed by atoms with Crippen molar-refractivity contribution < 1.29 is 13.9 Å². The van der Waals surface area contributed by atoms with E-state index in [4.69, 9.17) is 4.74 Å².